The van der Waals surface area contributed by atoms with Crippen molar-refractivity contribution >= 4 is 17.2 Å². The first-order chi connectivity index (χ1) is 12.7. The Kier molecular flexibility index (Phi) is 4.81. The number of amides is 1. The molecule has 3 heterocycles. The molecule has 7 heteroatoms. The molecule has 3 aromatic rings. The first-order valence-corrected chi connectivity index (χ1v) is 9.66. The summed E-state index contributed by atoms with van der Waals surface area (Å²) in [6.07, 6.45) is 0. The average Bonchev–Trinajstić information content (AvgIpc) is 3.39. The lowest BCUT2D eigenvalue weighted by Gasteiger charge is -2.34. The Morgan fingerprint density at radius 3 is 2.62 bits per heavy atom. The van der Waals surface area contributed by atoms with E-state index in [1.54, 1.807) is 11.3 Å². The minimum Gasteiger partial charge on any atom is -0.414 e. The molecule has 26 heavy (non-hydrogen) atoms. The Morgan fingerprint density at radius 2 is 1.92 bits per heavy atom. The van der Waals surface area contributed by atoms with E-state index in [2.05, 4.69) is 17.1 Å². The van der Waals surface area contributed by atoms with Crippen molar-refractivity contribution in [3.05, 3.63) is 59.3 Å². The lowest BCUT2D eigenvalue weighted by Crippen LogP contribution is -3.14. The van der Waals surface area contributed by atoms with E-state index >= 15 is 0 Å². The molecular weight excluding hydrogens is 348 g/mol. The van der Waals surface area contributed by atoms with E-state index in [1.807, 2.05) is 52.7 Å². The fourth-order valence-electron chi connectivity index (χ4n) is 3.28. The van der Waals surface area contributed by atoms with Gasteiger partial charge in [-0.2, -0.15) is 0 Å². The molecule has 1 fully saturated rings. The molecule has 1 aromatic carbocycles. The van der Waals surface area contributed by atoms with Crippen LogP contribution in [-0.2, 0) is 0 Å². The van der Waals surface area contributed by atoms with Crippen LogP contribution in [0.4, 0.5) is 0 Å². The lowest BCUT2D eigenvalue weighted by atomic mass is 10.1. The molecule has 1 amide bonds. The molecule has 134 valence electrons. The van der Waals surface area contributed by atoms with Gasteiger partial charge in [0.25, 0.3) is 17.7 Å². The number of thiophene rings is 1. The van der Waals surface area contributed by atoms with Crippen molar-refractivity contribution in [2.24, 2.45) is 0 Å². The van der Waals surface area contributed by atoms with Gasteiger partial charge in [0.1, 0.15) is 0 Å². The topological polar surface area (TPSA) is 63.7 Å². The van der Waals surface area contributed by atoms with Gasteiger partial charge < -0.3 is 14.2 Å². The van der Waals surface area contributed by atoms with Gasteiger partial charge in [0.2, 0.25) is 0 Å². The van der Waals surface area contributed by atoms with Crippen LogP contribution >= 0.6 is 11.3 Å². The van der Waals surface area contributed by atoms with E-state index in [0.29, 0.717) is 11.8 Å². The molecule has 1 aliphatic rings. The Hall–Kier alpha value is -2.51. The van der Waals surface area contributed by atoms with Crippen molar-refractivity contribution in [1.82, 2.24) is 15.1 Å². The molecule has 1 atom stereocenters. The Bertz CT molecular complexity index is 855. The van der Waals surface area contributed by atoms with Gasteiger partial charge in [-0.25, -0.2) is 0 Å². The summed E-state index contributed by atoms with van der Waals surface area (Å²) in [6, 6.07) is 13.5. The highest BCUT2D eigenvalue weighted by Gasteiger charge is 2.31. The van der Waals surface area contributed by atoms with E-state index in [0.717, 1.165) is 36.6 Å². The number of hydrogen-bond donors (Lipinski definition) is 1. The summed E-state index contributed by atoms with van der Waals surface area (Å²) in [5.41, 5.74) is 0.751. The third-order valence-corrected chi connectivity index (χ3v) is 5.73. The van der Waals surface area contributed by atoms with Gasteiger partial charge in [0.15, 0.2) is 6.04 Å². The smallest absolute Gasteiger partial charge is 0.274 e. The van der Waals surface area contributed by atoms with E-state index < -0.39 is 0 Å². The predicted octanol–water partition coefficient (Wildman–Crippen LogP) is 1.90. The van der Waals surface area contributed by atoms with Crippen LogP contribution in [0.25, 0.3) is 10.8 Å². The van der Waals surface area contributed by atoms with Crippen molar-refractivity contribution in [2.45, 2.75) is 13.0 Å². The molecule has 6 nitrogen and oxygen atoms in total. The van der Waals surface area contributed by atoms with Gasteiger partial charge in [-0.3, -0.25) is 4.79 Å². The first-order valence-electron chi connectivity index (χ1n) is 8.78. The summed E-state index contributed by atoms with van der Waals surface area (Å²) in [6.45, 7) is 5.32. The van der Waals surface area contributed by atoms with E-state index in [4.69, 9.17) is 4.42 Å². The number of quaternary nitrogens is 1. The van der Waals surface area contributed by atoms with Crippen LogP contribution in [0, 0.1) is 0 Å². The van der Waals surface area contributed by atoms with Crippen LogP contribution in [0.2, 0.25) is 0 Å². The van der Waals surface area contributed by atoms with Crippen molar-refractivity contribution in [1.29, 1.82) is 0 Å². The molecule has 1 aliphatic heterocycles. The number of rotatable bonds is 4. The minimum atomic E-state index is 0.107. The van der Waals surface area contributed by atoms with E-state index in [9.17, 15) is 4.79 Å². The normalized spacial score (nSPS) is 16.6. The maximum atomic E-state index is 12.6. The zero-order chi connectivity index (χ0) is 17.9. The molecule has 0 saturated carbocycles. The summed E-state index contributed by atoms with van der Waals surface area (Å²) in [7, 11) is 0. The summed E-state index contributed by atoms with van der Waals surface area (Å²) in [5.74, 6) is 1.35. The van der Waals surface area contributed by atoms with E-state index in [1.165, 1.54) is 4.90 Å². The number of hydrogen-bond acceptors (Lipinski definition) is 5. The van der Waals surface area contributed by atoms with Crippen LogP contribution in [0.3, 0.4) is 0 Å². The zero-order valence-electron chi connectivity index (χ0n) is 14.6. The SMILES string of the molecule is C[C@H](c1nnc(-c2cccs2)o1)[NH+]1CCN(C(=O)c2ccccc2)CC1. The lowest BCUT2D eigenvalue weighted by molar-refractivity contribution is -0.934. The molecule has 2 aromatic heterocycles. The Labute approximate surface area is 156 Å². The van der Waals surface area contributed by atoms with Gasteiger partial charge in [0.05, 0.1) is 31.1 Å². The third kappa shape index (κ3) is 3.40. The summed E-state index contributed by atoms with van der Waals surface area (Å²) in [4.78, 5) is 16.8. The molecule has 1 saturated heterocycles. The van der Waals surface area contributed by atoms with Gasteiger partial charge >= 0.3 is 0 Å². The molecule has 0 aliphatic carbocycles. The average molecular weight is 369 g/mol. The molecule has 0 radical (unpaired) electrons. The van der Waals surface area contributed by atoms with Crippen molar-refractivity contribution in [2.75, 3.05) is 26.2 Å². The van der Waals surface area contributed by atoms with Crippen LogP contribution in [0.15, 0.2) is 52.3 Å². The summed E-state index contributed by atoms with van der Waals surface area (Å²) in [5, 5.41) is 10.4. The van der Waals surface area contributed by atoms with Crippen LogP contribution in [-0.4, -0.2) is 47.2 Å². The number of nitrogens with one attached hydrogen (secondary N) is 1. The maximum absolute atomic E-state index is 12.6. The molecule has 1 N–H and O–H groups in total. The number of carbonyl (C=O) groups is 1. The van der Waals surface area contributed by atoms with Crippen LogP contribution in [0.1, 0.15) is 29.2 Å². The van der Waals surface area contributed by atoms with Crippen LogP contribution in [0.5, 0.6) is 0 Å². The highest BCUT2D eigenvalue weighted by Crippen LogP contribution is 2.24. The number of piperazine rings is 1. The quantitative estimate of drug-likeness (QED) is 0.763. The maximum Gasteiger partial charge on any atom is 0.274 e. The third-order valence-electron chi connectivity index (χ3n) is 4.87. The fraction of sp³-hybridized carbons (Fsp3) is 0.316. The van der Waals surface area contributed by atoms with Gasteiger partial charge in [-0.05, 0) is 30.5 Å². The highest BCUT2D eigenvalue weighted by atomic mass is 32.1. The number of aromatic nitrogens is 2. The number of benzene rings is 1. The molecule has 0 spiro atoms. The Balaban J connectivity index is 1.38. The van der Waals surface area contributed by atoms with Crippen molar-refractivity contribution < 1.29 is 14.1 Å². The van der Waals surface area contributed by atoms with Gasteiger partial charge in [-0.15, -0.1) is 21.5 Å². The minimum absolute atomic E-state index is 0.107. The number of nitrogens with zero attached hydrogens (tertiary/aromatic N) is 3. The molecular formula is C19H21N4O2S+. The summed E-state index contributed by atoms with van der Waals surface area (Å²) >= 11 is 1.59. The Morgan fingerprint density at radius 1 is 1.15 bits per heavy atom. The van der Waals surface area contributed by atoms with E-state index in [-0.39, 0.29) is 11.9 Å². The largest absolute Gasteiger partial charge is 0.414 e. The van der Waals surface area contributed by atoms with Gasteiger partial charge in [0, 0.05) is 5.56 Å². The van der Waals surface area contributed by atoms with Crippen molar-refractivity contribution in [3.63, 3.8) is 0 Å². The second kappa shape index (κ2) is 7.39. The second-order valence-corrected chi connectivity index (χ2v) is 7.41. The first kappa shape index (κ1) is 16.9. The van der Waals surface area contributed by atoms with Crippen LogP contribution < -0.4 is 4.90 Å². The molecule has 0 unspecified atom stereocenters. The molecule has 0 bridgehead atoms. The fourth-order valence-corrected chi connectivity index (χ4v) is 3.92. The van der Waals surface area contributed by atoms with Gasteiger partial charge in [-0.1, -0.05) is 24.3 Å². The molecule has 4 rings (SSSR count). The second-order valence-electron chi connectivity index (χ2n) is 6.46. The monoisotopic (exact) mass is 369 g/mol. The van der Waals surface area contributed by atoms with Crippen molar-refractivity contribution in [3.8, 4) is 10.8 Å². The standard InChI is InChI=1S/C19H20N4O2S/c1-14(17-20-21-18(25-17)16-8-5-13-26-16)22-9-11-23(12-10-22)19(24)15-6-3-2-4-7-15/h2-8,13-14H,9-12H2,1H3/p+1/t14-/m1/s1. The number of carbonyl (C=O) groups excluding carboxylic acids is 1. The predicted molar refractivity (Wildman–Crippen MR) is 99.1 cm³/mol. The zero-order valence-corrected chi connectivity index (χ0v) is 15.4. The summed E-state index contributed by atoms with van der Waals surface area (Å²) < 4.78 is 5.87. The highest BCUT2D eigenvalue weighted by molar-refractivity contribution is 7.13.